The Labute approximate surface area is 111 Å². The van der Waals surface area contributed by atoms with E-state index < -0.39 is 0 Å². The van der Waals surface area contributed by atoms with E-state index in [-0.39, 0.29) is 5.82 Å². The molecule has 3 N–H and O–H groups in total. The highest BCUT2D eigenvalue weighted by molar-refractivity contribution is 5.61. The first-order valence-corrected chi connectivity index (χ1v) is 6.25. The second kappa shape index (κ2) is 5.65. The molecule has 2 aromatic rings. The maximum absolute atomic E-state index is 13.2. The van der Waals surface area contributed by atoms with Crippen LogP contribution in [0.4, 0.5) is 21.7 Å². The molecule has 4 nitrogen and oxygen atoms in total. The van der Waals surface area contributed by atoms with Crippen molar-refractivity contribution >= 4 is 17.3 Å². The number of nitrogen functional groups attached to an aromatic ring is 1. The van der Waals surface area contributed by atoms with Crippen molar-refractivity contribution in [2.45, 2.75) is 26.7 Å². The smallest absolute Gasteiger partial charge is 0.136 e. The SMILES string of the molecule is CCCc1nc(N)cc(Nc2cc(F)ccc2C)n1. The van der Waals surface area contributed by atoms with Crippen LogP contribution in [0.1, 0.15) is 24.7 Å². The van der Waals surface area contributed by atoms with E-state index in [1.807, 2.05) is 6.92 Å². The van der Waals surface area contributed by atoms with Crippen molar-refractivity contribution in [3.63, 3.8) is 0 Å². The highest BCUT2D eigenvalue weighted by Crippen LogP contribution is 2.21. The predicted octanol–water partition coefficient (Wildman–Crippen LogP) is 3.20. The number of aryl methyl sites for hydroxylation is 2. The van der Waals surface area contributed by atoms with Crippen molar-refractivity contribution in [2.75, 3.05) is 11.1 Å². The number of nitrogens with one attached hydrogen (secondary N) is 1. The van der Waals surface area contributed by atoms with Crippen molar-refractivity contribution in [1.82, 2.24) is 9.97 Å². The topological polar surface area (TPSA) is 63.8 Å². The van der Waals surface area contributed by atoms with Crippen LogP contribution in [0.15, 0.2) is 24.3 Å². The van der Waals surface area contributed by atoms with Crippen molar-refractivity contribution in [3.8, 4) is 0 Å². The molecule has 0 bridgehead atoms. The molecule has 0 saturated heterocycles. The fourth-order valence-electron chi connectivity index (χ4n) is 1.78. The Morgan fingerprint density at radius 1 is 1.26 bits per heavy atom. The fraction of sp³-hybridized carbons (Fsp3) is 0.286. The van der Waals surface area contributed by atoms with Gasteiger partial charge in [-0.3, -0.25) is 0 Å². The van der Waals surface area contributed by atoms with Gasteiger partial charge in [0.1, 0.15) is 23.3 Å². The molecule has 100 valence electrons. The highest BCUT2D eigenvalue weighted by Gasteiger charge is 2.05. The highest BCUT2D eigenvalue weighted by atomic mass is 19.1. The van der Waals surface area contributed by atoms with Gasteiger partial charge in [0, 0.05) is 18.2 Å². The molecule has 0 spiro atoms. The molecule has 2 rings (SSSR count). The van der Waals surface area contributed by atoms with Crippen LogP contribution in [-0.2, 0) is 6.42 Å². The number of rotatable bonds is 4. The van der Waals surface area contributed by atoms with E-state index in [0.717, 1.165) is 18.4 Å². The summed E-state index contributed by atoms with van der Waals surface area (Å²) >= 11 is 0. The van der Waals surface area contributed by atoms with E-state index in [4.69, 9.17) is 5.73 Å². The van der Waals surface area contributed by atoms with Crippen LogP contribution in [0.25, 0.3) is 0 Å². The van der Waals surface area contributed by atoms with Crippen LogP contribution in [0, 0.1) is 12.7 Å². The van der Waals surface area contributed by atoms with Crippen LogP contribution < -0.4 is 11.1 Å². The average Bonchev–Trinajstić information content (AvgIpc) is 2.33. The normalized spacial score (nSPS) is 10.5. The predicted molar refractivity (Wildman–Crippen MR) is 74.9 cm³/mol. The standard InChI is InChI=1S/C14H17FN4/c1-3-4-13-18-12(16)8-14(19-13)17-11-7-10(15)6-5-9(11)2/h5-8H,3-4H2,1-2H3,(H3,16,17,18,19). The lowest BCUT2D eigenvalue weighted by atomic mass is 10.2. The van der Waals surface area contributed by atoms with Crippen LogP contribution in [0.3, 0.4) is 0 Å². The second-order valence-electron chi connectivity index (χ2n) is 4.43. The summed E-state index contributed by atoms with van der Waals surface area (Å²) < 4.78 is 13.2. The van der Waals surface area contributed by atoms with Gasteiger partial charge >= 0.3 is 0 Å². The van der Waals surface area contributed by atoms with Crippen molar-refractivity contribution in [3.05, 3.63) is 41.5 Å². The summed E-state index contributed by atoms with van der Waals surface area (Å²) in [5.74, 6) is 1.41. The summed E-state index contributed by atoms with van der Waals surface area (Å²) in [5, 5.41) is 3.08. The van der Waals surface area contributed by atoms with Crippen LogP contribution in [0.2, 0.25) is 0 Å². The summed E-state index contributed by atoms with van der Waals surface area (Å²) in [4.78, 5) is 8.52. The van der Waals surface area contributed by atoms with Crippen LogP contribution >= 0.6 is 0 Å². The molecule has 0 aliphatic carbocycles. The number of nitrogens with two attached hydrogens (primary N) is 1. The molecule has 0 unspecified atom stereocenters. The summed E-state index contributed by atoms with van der Waals surface area (Å²) in [7, 11) is 0. The van der Waals surface area contributed by atoms with Gasteiger partial charge in [0.25, 0.3) is 0 Å². The minimum Gasteiger partial charge on any atom is -0.384 e. The molecule has 0 amide bonds. The van der Waals surface area contributed by atoms with Crippen molar-refractivity contribution < 1.29 is 4.39 Å². The van der Waals surface area contributed by atoms with E-state index in [0.29, 0.717) is 23.1 Å². The molecular formula is C14H17FN4. The number of halogens is 1. The number of nitrogens with zero attached hydrogens (tertiary/aromatic N) is 2. The molecule has 5 heteroatoms. The van der Waals surface area contributed by atoms with E-state index in [1.54, 1.807) is 12.1 Å². The zero-order valence-corrected chi connectivity index (χ0v) is 11.1. The molecule has 19 heavy (non-hydrogen) atoms. The number of hydrogen-bond acceptors (Lipinski definition) is 4. The quantitative estimate of drug-likeness (QED) is 0.886. The lowest BCUT2D eigenvalue weighted by Crippen LogP contribution is -2.04. The van der Waals surface area contributed by atoms with E-state index in [2.05, 4.69) is 22.2 Å². The van der Waals surface area contributed by atoms with Gasteiger partial charge in [-0.2, -0.15) is 0 Å². The van der Waals surface area contributed by atoms with Crippen molar-refractivity contribution in [2.24, 2.45) is 0 Å². The van der Waals surface area contributed by atoms with Crippen LogP contribution in [-0.4, -0.2) is 9.97 Å². The third-order valence-corrected chi connectivity index (χ3v) is 2.73. The van der Waals surface area contributed by atoms with Gasteiger partial charge in [-0.15, -0.1) is 0 Å². The zero-order chi connectivity index (χ0) is 13.8. The lowest BCUT2D eigenvalue weighted by Gasteiger charge is -2.10. The first-order valence-electron chi connectivity index (χ1n) is 6.25. The summed E-state index contributed by atoms with van der Waals surface area (Å²) in [6, 6.07) is 6.23. The van der Waals surface area contributed by atoms with Gasteiger partial charge in [-0.1, -0.05) is 13.0 Å². The van der Waals surface area contributed by atoms with Gasteiger partial charge in [-0.05, 0) is 31.0 Å². The summed E-state index contributed by atoms with van der Waals surface area (Å²) in [5.41, 5.74) is 7.37. The number of hydrogen-bond donors (Lipinski definition) is 2. The van der Waals surface area contributed by atoms with Crippen LogP contribution in [0.5, 0.6) is 0 Å². The Morgan fingerprint density at radius 3 is 2.79 bits per heavy atom. The summed E-state index contributed by atoms with van der Waals surface area (Å²) in [6.07, 6.45) is 1.71. The van der Waals surface area contributed by atoms with Gasteiger partial charge in [0.05, 0.1) is 0 Å². The first kappa shape index (κ1) is 13.3. The van der Waals surface area contributed by atoms with Gasteiger partial charge in [-0.25, -0.2) is 14.4 Å². The Kier molecular flexibility index (Phi) is 3.94. The zero-order valence-electron chi connectivity index (χ0n) is 11.1. The largest absolute Gasteiger partial charge is 0.384 e. The minimum atomic E-state index is -0.288. The van der Waals surface area contributed by atoms with E-state index in [1.165, 1.54) is 12.1 Å². The maximum atomic E-state index is 13.2. The number of benzene rings is 1. The molecule has 0 atom stereocenters. The Balaban J connectivity index is 2.29. The Bertz CT molecular complexity index is 584. The molecule has 0 aliphatic heterocycles. The van der Waals surface area contributed by atoms with E-state index >= 15 is 0 Å². The molecule has 0 radical (unpaired) electrons. The average molecular weight is 260 g/mol. The van der Waals surface area contributed by atoms with Gasteiger partial charge in [0.15, 0.2) is 0 Å². The van der Waals surface area contributed by atoms with Gasteiger partial charge < -0.3 is 11.1 Å². The molecule has 1 heterocycles. The monoisotopic (exact) mass is 260 g/mol. The van der Waals surface area contributed by atoms with Gasteiger partial charge in [0.2, 0.25) is 0 Å². The lowest BCUT2D eigenvalue weighted by molar-refractivity contribution is 0.628. The Hall–Kier alpha value is -2.17. The maximum Gasteiger partial charge on any atom is 0.136 e. The molecule has 0 fully saturated rings. The first-order chi connectivity index (χ1) is 9.08. The number of aromatic nitrogens is 2. The second-order valence-corrected chi connectivity index (χ2v) is 4.43. The summed E-state index contributed by atoms with van der Waals surface area (Å²) in [6.45, 7) is 3.95. The molecule has 0 saturated carbocycles. The number of anilines is 3. The third-order valence-electron chi connectivity index (χ3n) is 2.73. The molecule has 1 aromatic heterocycles. The molecule has 1 aromatic carbocycles. The van der Waals surface area contributed by atoms with Crippen molar-refractivity contribution in [1.29, 1.82) is 0 Å². The van der Waals surface area contributed by atoms with E-state index in [9.17, 15) is 4.39 Å². The third kappa shape index (κ3) is 3.40. The fourth-order valence-corrected chi connectivity index (χ4v) is 1.78. The molecular weight excluding hydrogens is 243 g/mol. The Morgan fingerprint density at radius 2 is 2.05 bits per heavy atom. The minimum absolute atomic E-state index is 0.288. The molecule has 0 aliphatic rings.